The van der Waals surface area contributed by atoms with Crippen LogP contribution in [0.2, 0.25) is 10.0 Å². The van der Waals surface area contributed by atoms with Gasteiger partial charge in [-0.3, -0.25) is 9.59 Å². The minimum Gasteiger partial charge on any atom is -0.340 e. The van der Waals surface area contributed by atoms with E-state index in [0.29, 0.717) is 44.5 Å². The third-order valence-corrected chi connectivity index (χ3v) is 7.78. The van der Waals surface area contributed by atoms with Crippen LogP contribution in [0.25, 0.3) is 5.69 Å². The maximum absolute atomic E-state index is 12.7. The number of amides is 2. The molecule has 0 saturated heterocycles. The number of nitrogens with one attached hydrogen (secondary N) is 2. The predicted molar refractivity (Wildman–Crippen MR) is 164 cm³/mol. The van der Waals surface area contributed by atoms with Crippen molar-refractivity contribution >= 4 is 52.5 Å². The number of halogens is 2. The summed E-state index contributed by atoms with van der Waals surface area (Å²) in [5, 5.41) is 19.0. The Bertz CT molecular complexity index is 1480. The smallest absolute Gasteiger partial charge is 0.234 e. The van der Waals surface area contributed by atoms with E-state index in [2.05, 4.69) is 38.0 Å². The van der Waals surface area contributed by atoms with Crippen molar-refractivity contribution in [1.82, 2.24) is 30.4 Å². The van der Waals surface area contributed by atoms with Crippen molar-refractivity contribution < 1.29 is 9.59 Å². The lowest BCUT2D eigenvalue weighted by atomic mass is 10.0. The van der Waals surface area contributed by atoms with E-state index in [1.165, 1.54) is 34.8 Å². The van der Waals surface area contributed by atoms with Gasteiger partial charge in [0.1, 0.15) is 0 Å². The van der Waals surface area contributed by atoms with Crippen molar-refractivity contribution in [2.45, 2.75) is 56.1 Å². The fourth-order valence-electron chi connectivity index (χ4n) is 4.02. The topological polar surface area (TPSA) is 105 Å². The first-order valence-corrected chi connectivity index (χ1v) is 15.0. The van der Waals surface area contributed by atoms with Crippen LogP contribution < -0.4 is 10.6 Å². The number of aromatic nitrogens is 4. The molecule has 0 atom stereocenters. The van der Waals surface area contributed by atoms with Gasteiger partial charge >= 0.3 is 0 Å². The molecule has 2 N–H and O–H groups in total. The summed E-state index contributed by atoms with van der Waals surface area (Å²) >= 11 is 14.1. The highest BCUT2D eigenvalue weighted by atomic mass is 35.5. The number of hydrogen-bond donors (Lipinski definition) is 2. The number of carbonyl (C=O) groups is 2. The van der Waals surface area contributed by atoms with Gasteiger partial charge in [-0.2, -0.15) is 4.68 Å². The Kier molecular flexibility index (Phi) is 10.3. The number of benzene rings is 2. The Morgan fingerprint density at radius 1 is 1.12 bits per heavy atom. The normalized spacial score (nSPS) is 13.0. The molecule has 2 aromatic carbocycles. The van der Waals surface area contributed by atoms with Gasteiger partial charge in [0.05, 0.1) is 32.7 Å². The van der Waals surface area contributed by atoms with E-state index in [0.717, 1.165) is 13.0 Å². The van der Waals surface area contributed by atoms with Crippen LogP contribution >= 0.6 is 35.0 Å². The Hall–Kier alpha value is -3.10. The molecule has 2 amide bonds. The largest absolute Gasteiger partial charge is 0.340 e. The molecular weight excluding hydrogens is 581 g/mol. The van der Waals surface area contributed by atoms with Crippen LogP contribution in [0.15, 0.2) is 41.6 Å². The molecule has 4 rings (SSSR count). The summed E-state index contributed by atoms with van der Waals surface area (Å²) in [6.07, 6.45) is 3.60. The number of anilines is 1. The predicted octanol–water partition coefficient (Wildman–Crippen LogP) is 5.17. The van der Waals surface area contributed by atoms with Gasteiger partial charge in [-0.1, -0.05) is 52.9 Å². The van der Waals surface area contributed by atoms with Crippen LogP contribution in [0.4, 0.5) is 5.69 Å². The molecule has 216 valence electrons. The summed E-state index contributed by atoms with van der Waals surface area (Å²) in [5.74, 6) is 6.50. The lowest BCUT2D eigenvalue weighted by Gasteiger charge is -2.20. The van der Waals surface area contributed by atoms with Crippen molar-refractivity contribution in [2.24, 2.45) is 0 Å². The number of nitrogens with zero attached hydrogens (tertiary/aromatic N) is 5. The molecule has 1 fully saturated rings. The minimum atomic E-state index is -0.704. The summed E-state index contributed by atoms with van der Waals surface area (Å²) in [6.45, 7) is 4.55. The molecule has 1 aliphatic rings. The molecule has 9 nitrogen and oxygen atoms in total. The molecule has 1 aromatic heterocycles. The van der Waals surface area contributed by atoms with Crippen molar-refractivity contribution in [1.29, 1.82) is 0 Å². The zero-order valence-corrected chi connectivity index (χ0v) is 25.8. The fraction of sp³-hybridized carbons (Fsp3) is 0.414. The van der Waals surface area contributed by atoms with Crippen LogP contribution in [0, 0.1) is 11.8 Å². The van der Waals surface area contributed by atoms with E-state index in [9.17, 15) is 9.59 Å². The van der Waals surface area contributed by atoms with E-state index in [-0.39, 0.29) is 17.6 Å². The van der Waals surface area contributed by atoms with Gasteiger partial charge in [0.2, 0.25) is 17.0 Å². The van der Waals surface area contributed by atoms with Gasteiger partial charge < -0.3 is 15.5 Å². The van der Waals surface area contributed by atoms with Crippen LogP contribution in [-0.4, -0.2) is 68.9 Å². The molecule has 41 heavy (non-hydrogen) atoms. The molecule has 0 radical (unpaired) electrons. The Balaban J connectivity index is 1.31. The second-order valence-electron chi connectivity index (χ2n) is 10.7. The van der Waals surface area contributed by atoms with E-state index >= 15 is 0 Å². The minimum absolute atomic E-state index is 0.0382. The van der Waals surface area contributed by atoms with Gasteiger partial charge in [-0.25, -0.2) is 0 Å². The van der Waals surface area contributed by atoms with Crippen molar-refractivity contribution in [2.75, 3.05) is 31.7 Å². The highest BCUT2D eigenvalue weighted by molar-refractivity contribution is 7.99. The van der Waals surface area contributed by atoms with Crippen molar-refractivity contribution in [3.05, 3.63) is 57.6 Å². The van der Waals surface area contributed by atoms with Crippen LogP contribution in [0.3, 0.4) is 0 Å². The molecular formula is C29H33Cl2N7O2S. The molecule has 3 aromatic rings. The highest BCUT2D eigenvalue weighted by Gasteiger charge is 2.24. The lowest BCUT2D eigenvalue weighted by Crippen LogP contribution is -2.42. The van der Waals surface area contributed by atoms with Gasteiger partial charge in [0, 0.05) is 12.0 Å². The summed E-state index contributed by atoms with van der Waals surface area (Å²) < 4.78 is 1.53. The molecule has 0 aliphatic heterocycles. The summed E-state index contributed by atoms with van der Waals surface area (Å²) in [7, 11) is 3.96. The first-order valence-electron chi connectivity index (χ1n) is 13.3. The maximum Gasteiger partial charge on any atom is 0.234 e. The maximum atomic E-state index is 12.7. The van der Waals surface area contributed by atoms with Crippen LogP contribution in [0.5, 0.6) is 0 Å². The summed E-state index contributed by atoms with van der Waals surface area (Å²) in [5.41, 5.74) is 2.31. The zero-order chi connectivity index (χ0) is 29.6. The van der Waals surface area contributed by atoms with E-state index in [1.807, 2.05) is 51.0 Å². The molecule has 1 saturated carbocycles. The zero-order valence-electron chi connectivity index (χ0n) is 23.5. The SMILES string of the molecule is CN(C)CCCC(=O)NC(C)(C)C#Cc1ccc(NC(=O)CSc2nnnn2-c2ccc(C3CC3)cc2Cl)c(Cl)c1. The average Bonchev–Trinajstić information content (AvgIpc) is 3.65. The van der Waals surface area contributed by atoms with Gasteiger partial charge in [0.15, 0.2) is 0 Å². The average molecular weight is 615 g/mol. The summed E-state index contributed by atoms with van der Waals surface area (Å²) in [4.78, 5) is 27.0. The third-order valence-electron chi connectivity index (χ3n) is 6.25. The summed E-state index contributed by atoms with van der Waals surface area (Å²) in [6, 6.07) is 11.1. The van der Waals surface area contributed by atoms with Crippen molar-refractivity contribution in [3.8, 4) is 17.5 Å². The highest BCUT2D eigenvalue weighted by Crippen LogP contribution is 2.41. The first kappa shape index (κ1) is 30.8. The monoisotopic (exact) mass is 613 g/mol. The van der Waals surface area contributed by atoms with E-state index < -0.39 is 5.54 Å². The second-order valence-corrected chi connectivity index (χ2v) is 12.5. The van der Waals surface area contributed by atoms with Crippen LogP contribution in [-0.2, 0) is 9.59 Å². The Labute approximate surface area is 254 Å². The van der Waals surface area contributed by atoms with Crippen LogP contribution in [0.1, 0.15) is 56.6 Å². The Morgan fingerprint density at radius 2 is 1.90 bits per heavy atom. The molecule has 12 heteroatoms. The molecule has 1 heterocycles. The number of rotatable bonds is 11. The molecule has 0 bridgehead atoms. The molecule has 0 spiro atoms. The second kappa shape index (κ2) is 13.7. The first-order chi connectivity index (χ1) is 19.5. The number of tetrazole rings is 1. The fourth-order valence-corrected chi connectivity index (χ4v) is 5.20. The van der Waals surface area contributed by atoms with E-state index in [4.69, 9.17) is 23.2 Å². The quantitative estimate of drug-likeness (QED) is 0.227. The van der Waals surface area contributed by atoms with Gasteiger partial charge in [0.25, 0.3) is 0 Å². The number of thioether (sulfide) groups is 1. The lowest BCUT2D eigenvalue weighted by molar-refractivity contribution is -0.122. The standard InChI is InChI=1S/C29H33Cl2N7O2S/c1-29(2,33-26(39)6-5-15-37(3)4)14-13-19-7-11-24(22(30)16-19)32-27(40)18-41-28-34-35-36-38(28)25-12-10-21(17-23(25)31)20-8-9-20/h7,10-12,16-17,20H,5-6,8-9,15,18H2,1-4H3,(H,32,40)(H,33,39). The van der Waals surface area contributed by atoms with E-state index in [1.54, 1.807) is 18.2 Å². The number of carbonyl (C=O) groups excluding carboxylic acids is 2. The molecule has 1 aliphatic carbocycles. The molecule has 0 unspecified atom stereocenters. The van der Waals surface area contributed by atoms with Gasteiger partial charge in [-0.05, 0) is 106 Å². The Morgan fingerprint density at radius 3 is 2.59 bits per heavy atom. The number of hydrogen-bond acceptors (Lipinski definition) is 7. The van der Waals surface area contributed by atoms with Gasteiger partial charge in [-0.15, -0.1) is 5.10 Å². The third kappa shape index (κ3) is 9.20. The van der Waals surface area contributed by atoms with Crippen molar-refractivity contribution in [3.63, 3.8) is 0 Å².